The molecule has 2 rings (SSSR count). The van der Waals surface area contributed by atoms with Crippen molar-refractivity contribution in [2.45, 2.75) is 86.9 Å². The van der Waals surface area contributed by atoms with Gasteiger partial charge in [0.05, 0.1) is 0 Å². The molecule has 0 aromatic heterocycles. The predicted octanol–water partition coefficient (Wildman–Crippen LogP) is 7.89. The van der Waals surface area contributed by atoms with Crippen LogP contribution < -0.4 is 0 Å². The number of rotatable bonds is 10. The minimum absolute atomic E-state index is 0.422. The third kappa shape index (κ3) is 7.54. The molecule has 0 heterocycles. The number of thiocarbonyl (C=S) groups is 2. The van der Waals surface area contributed by atoms with Crippen molar-refractivity contribution in [2.75, 3.05) is 12.5 Å². The van der Waals surface area contributed by atoms with E-state index in [1.807, 2.05) is 0 Å². The Morgan fingerprint density at radius 1 is 0.862 bits per heavy atom. The second-order valence-corrected chi connectivity index (χ2v) is 21.2. The molecule has 0 spiro atoms. The average Bonchev–Trinajstić information content (AvgIpc) is 3.39. The van der Waals surface area contributed by atoms with Crippen molar-refractivity contribution in [3.8, 4) is 0 Å². The van der Waals surface area contributed by atoms with E-state index in [9.17, 15) is 0 Å². The molecule has 2 aliphatic rings. The molecule has 0 radical (unpaired) electrons. The van der Waals surface area contributed by atoms with Crippen molar-refractivity contribution in [3.05, 3.63) is 0 Å². The summed E-state index contributed by atoms with van der Waals surface area (Å²) < 4.78 is 16.2. The van der Waals surface area contributed by atoms with Gasteiger partial charge in [-0.15, -0.1) is 0 Å². The van der Waals surface area contributed by atoms with Gasteiger partial charge in [0.1, 0.15) is 0 Å². The van der Waals surface area contributed by atoms with Gasteiger partial charge in [-0.1, -0.05) is 0 Å². The zero-order valence-corrected chi connectivity index (χ0v) is 24.8. The minimum atomic E-state index is -3.07. The van der Waals surface area contributed by atoms with Gasteiger partial charge in [0, 0.05) is 0 Å². The molecule has 2 nitrogen and oxygen atoms in total. The molecule has 164 valence electrons. The summed E-state index contributed by atoms with van der Waals surface area (Å²) in [7, 11) is 0. The van der Waals surface area contributed by atoms with Crippen molar-refractivity contribution in [1.29, 1.82) is 0 Å². The summed E-state index contributed by atoms with van der Waals surface area (Å²) in [5.74, 6) is 0.845. The van der Waals surface area contributed by atoms with Gasteiger partial charge in [0.2, 0.25) is 0 Å². The molecular weight excluding hydrogens is 539 g/mol. The molecule has 0 bridgehead atoms. The number of hydrogen-bond donors (Lipinski definition) is 0. The molecule has 7 heteroatoms. The topological polar surface area (TPSA) is 24.7 Å². The molecule has 2 aliphatic carbocycles. The van der Waals surface area contributed by atoms with Gasteiger partial charge >= 0.3 is 204 Å². The molecule has 2 saturated carbocycles. The quantitative estimate of drug-likeness (QED) is 0.195. The van der Waals surface area contributed by atoms with Crippen molar-refractivity contribution >= 4 is 86.7 Å². The maximum absolute atomic E-state index is 5.72. The van der Waals surface area contributed by atoms with Crippen LogP contribution in [0.4, 0.5) is 0 Å². The van der Waals surface area contributed by atoms with Crippen molar-refractivity contribution in [2.24, 2.45) is 18.3 Å². The standard InChI is InChI=1S/2C7H10NS2.2C4H9.Sn/c2*1-10-7(9)5-3-2-4-6(5)8;2*1-3-4-2;/h2*5H,2-4H2,1H3;2*1,3-4H2,2H3;/q2*-1;;;+2. The fourth-order valence-corrected chi connectivity index (χ4v) is 18.1. The monoisotopic (exact) mass is 578 g/mol. The van der Waals surface area contributed by atoms with E-state index in [2.05, 4.69) is 26.4 Å². The van der Waals surface area contributed by atoms with Gasteiger partial charge in [-0.05, 0) is 0 Å². The Morgan fingerprint density at radius 3 is 1.62 bits per heavy atom. The Hall–Kier alpha value is 1.02. The summed E-state index contributed by atoms with van der Waals surface area (Å²) in [4.78, 5) is 0. The third-order valence-corrected chi connectivity index (χ3v) is 19.7. The van der Waals surface area contributed by atoms with Crippen LogP contribution >= 0.6 is 48.0 Å². The van der Waals surface area contributed by atoms with E-state index in [0.29, 0.717) is 11.8 Å². The van der Waals surface area contributed by atoms with Crippen LogP contribution in [0.5, 0.6) is 0 Å². The number of thioether (sulfide) groups is 2. The zero-order chi connectivity index (χ0) is 21.3. The molecule has 0 amide bonds. The van der Waals surface area contributed by atoms with E-state index >= 15 is 0 Å². The molecule has 0 aromatic carbocycles. The van der Waals surface area contributed by atoms with Crippen molar-refractivity contribution in [1.82, 2.24) is 0 Å². The first-order chi connectivity index (χ1) is 14.0. The van der Waals surface area contributed by atoms with Crippen LogP contribution in [-0.2, 0) is 0 Å². The third-order valence-electron chi connectivity index (χ3n) is 6.19. The van der Waals surface area contributed by atoms with Gasteiger partial charge in [-0.25, -0.2) is 0 Å². The summed E-state index contributed by atoms with van der Waals surface area (Å²) in [5.41, 5.74) is 2.83. The summed E-state index contributed by atoms with van der Waals surface area (Å²) in [6.07, 6.45) is 16.4. The second kappa shape index (κ2) is 13.5. The summed E-state index contributed by atoms with van der Waals surface area (Å²) >= 11 is 11.9. The Bertz CT molecular complexity index is 578. The maximum atomic E-state index is 5.72. The Morgan fingerprint density at radius 2 is 1.28 bits per heavy atom. The molecule has 2 fully saturated rings. The van der Waals surface area contributed by atoms with E-state index in [4.69, 9.17) is 30.9 Å². The molecule has 0 saturated heterocycles. The Labute approximate surface area is 202 Å². The van der Waals surface area contributed by atoms with Crippen LogP contribution in [0.25, 0.3) is 0 Å². The molecule has 2 atom stereocenters. The first-order valence-corrected chi connectivity index (χ1v) is 21.2. The van der Waals surface area contributed by atoms with E-state index in [1.54, 1.807) is 23.5 Å². The molecule has 0 N–H and O–H groups in total. The van der Waals surface area contributed by atoms with Gasteiger partial charge in [-0.3, -0.25) is 0 Å². The summed E-state index contributed by atoms with van der Waals surface area (Å²) in [6.45, 7) is 4.61. The van der Waals surface area contributed by atoms with Crippen molar-refractivity contribution < 1.29 is 0 Å². The second-order valence-electron chi connectivity index (χ2n) is 8.33. The van der Waals surface area contributed by atoms with Crippen LogP contribution in [0.3, 0.4) is 0 Å². The number of unbranched alkanes of at least 4 members (excludes halogenated alkanes) is 2. The van der Waals surface area contributed by atoms with Gasteiger partial charge < -0.3 is 0 Å². The van der Waals surface area contributed by atoms with Crippen LogP contribution in [0.2, 0.25) is 8.87 Å². The van der Waals surface area contributed by atoms with Gasteiger partial charge in [0.15, 0.2) is 0 Å². The van der Waals surface area contributed by atoms with E-state index in [0.717, 1.165) is 21.2 Å². The fourth-order valence-electron chi connectivity index (χ4n) is 4.54. The fraction of sp³-hybridized carbons (Fsp3) is 0.818. The Balaban J connectivity index is 2.46. The first kappa shape index (κ1) is 26.3. The van der Waals surface area contributed by atoms with Crippen LogP contribution in [0.15, 0.2) is 6.43 Å². The average molecular weight is 578 g/mol. The van der Waals surface area contributed by atoms with Crippen LogP contribution in [0, 0.1) is 11.8 Å². The van der Waals surface area contributed by atoms with E-state index in [-0.39, 0.29) is 0 Å². The van der Waals surface area contributed by atoms with Gasteiger partial charge in [0.25, 0.3) is 0 Å². The number of nitrogens with zero attached hydrogens (tertiary/aromatic N) is 2. The Kier molecular flexibility index (Phi) is 12.3. The summed E-state index contributed by atoms with van der Waals surface area (Å²) in [6, 6.07) is 0. The molecule has 0 aliphatic heterocycles. The van der Waals surface area contributed by atoms with Crippen LogP contribution in [-0.4, -0.2) is 51.3 Å². The first-order valence-electron chi connectivity index (χ1n) is 11.3. The number of hydrogen-bond acceptors (Lipinski definition) is 6. The van der Waals surface area contributed by atoms with Crippen molar-refractivity contribution in [3.63, 3.8) is 0 Å². The predicted molar refractivity (Wildman–Crippen MR) is 147 cm³/mol. The molecule has 0 aromatic rings. The van der Waals surface area contributed by atoms with E-state index < -0.39 is 18.9 Å². The molecular formula is C22H38N2S4Sn. The molecule has 29 heavy (non-hydrogen) atoms. The van der Waals surface area contributed by atoms with Crippen LogP contribution in [0.1, 0.15) is 78.1 Å². The normalized spacial score (nSPS) is 25.2. The zero-order valence-electron chi connectivity index (χ0n) is 18.7. The summed E-state index contributed by atoms with van der Waals surface area (Å²) in [5, 5.41) is 0. The van der Waals surface area contributed by atoms with Gasteiger partial charge in [-0.2, -0.15) is 0 Å². The molecule has 2 unspecified atom stereocenters. The SMILES string of the molecule is CCC[CH2][Sn]([CH2]CCC)([N]=C1CCCC1C(=S)SC)[N]=C1CCCC1C(=S)SC. The van der Waals surface area contributed by atoms with E-state index in [1.165, 1.54) is 71.7 Å².